The molecule has 0 spiro atoms. The summed E-state index contributed by atoms with van der Waals surface area (Å²) < 4.78 is 10.9. The number of rotatable bonds is 5. The quantitative estimate of drug-likeness (QED) is 0.338. The summed E-state index contributed by atoms with van der Waals surface area (Å²) in [6.45, 7) is 5.37. The van der Waals surface area contributed by atoms with Crippen molar-refractivity contribution >= 4 is 21.9 Å². The van der Waals surface area contributed by atoms with Gasteiger partial charge in [0.25, 0.3) is 0 Å². The van der Waals surface area contributed by atoms with Gasteiger partial charge in [0.05, 0.1) is 27.8 Å². The fourth-order valence-corrected chi connectivity index (χ4v) is 3.82. The van der Waals surface area contributed by atoms with Crippen molar-refractivity contribution in [2.45, 2.75) is 12.8 Å². The molecule has 0 saturated carbocycles. The summed E-state index contributed by atoms with van der Waals surface area (Å²) in [5.74, 6) is -1.82. The van der Waals surface area contributed by atoms with Crippen LogP contribution in [0.5, 0.6) is 11.5 Å². The van der Waals surface area contributed by atoms with Crippen molar-refractivity contribution in [2.24, 2.45) is 0 Å². The molecular weight excluding hydrogens is 408 g/mol. The molecule has 6 nitrogen and oxygen atoms in total. The minimum Gasteiger partial charge on any atom is -0.507 e. The Bertz CT molecular complexity index is 1420. The predicted octanol–water partition coefficient (Wildman–Crippen LogP) is 5.13. The lowest BCUT2D eigenvalue weighted by molar-refractivity contribution is 0.441. The molecule has 0 fully saturated rings. The van der Waals surface area contributed by atoms with Gasteiger partial charge in [0.2, 0.25) is 0 Å². The fraction of sp³-hybridized carbons (Fsp3) is 0.0769. The van der Waals surface area contributed by atoms with Gasteiger partial charge in [-0.25, -0.2) is 9.59 Å². The Morgan fingerprint density at radius 3 is 1.78 bits per heavy atom. The highest BCUT2D eigenvalue weighted by molar-refractivity contribution is 5.87. The Balaban J connectivity index is 2.14. The van der Waals surface area contributed by atoms with Crippen LogP contribution in [0.2, 0.25) is 0 Å². The minimum atomic E-state index is -1.15. The molecule has 0 atom stereocenters. The average Bonchev–Trinajstić information content (AvgIpc) is 2.79. The molecule has 0 aliphatic rings. The first-order valence-corrected chi connectivity index (χ1v) is 9.92. The van der Waals surface area contributed by atoms with E-state index < -0.39 is 17.2 Å². The SMILES string of the molecule is C=C/C=C\C(=C/C)C(c1c(O)c2ccccc2oc1=O)c1c(O)c2ccccc2oc1=O. The third-order valence-electron chi connectivity index (χ3n) is 5.31. The zero-order valence-electron chi connectivity index (χ0n) is 17.2. The second-order valence-corrected chi connectivity index (χ2v) is 7.11. The largest absolute Gasteiger partial charge is 0.507 e. The van der Waals surface area contributed by atoms with Crippen molar-refractivity contribution in [3.63, 3.8) is 0 Å². The van der Waals surface area contributed by atoms with Crippen LogP contribution in [0.25, 0.3) is 21.9 Å². The summed E-state index contributed by atoms with van der Waals surface area (Å²) in [7, 11) is 0. The minimum absolute atomic E-state index is 0.177. The number of allylic oxidation sites excluding steroid dienone is 5. The van der Waals surface area contributed by atoms with Gasteiger partial charge in [-0.05, 0) is 36.8 Å². The van der Waals surface area contributed by atoms with E-state index in [0.29, 0.717) is 16.3 Å². The van der Waals surface area contributed by atoms with E-state index in [1.165, 1.54) is 6.08 Å². The summed E-state index contributed by atoms with van der Waals surface area (Å²) in [6, 6.07) is 13.1. The monoisotopic (exact) mass is 428 g/mol. The molecule has 2 N–H and O–H groups in total. The Hall–Kier alpha value is -4.32. The predicted molar refractivity (Wildman–Crippen MR) is 123 cm³/mol. The van der Waals surface area contributed by atoms with Crippen LogP contribution in [-0.2, 0) is 0 Å². The Kier molecular flexibility index (Phi) is 5.52. The molecule has 2 heterocycles. The van der Waals surface area contributed by atoms with Gasteiger partial charge >= 0.3 is 11.3 Å². The van der Waals surface area contributed by atoms with E-state index in [-0.39, 0.29) is 33.8 Å². The van der Waals surface area contributed by atoms with E-state index in [1.807, 2.05) is 0 Å². The maximum absolute atomic E-state index is 13.0. The van der Waals surface area contributed by atoms with Gasteiger partial charge < -0.3 is 19.0 Å². The second kappa shape index (κ2) is 8.43. The lowest BCUT2D eigenvalue weighted by atomic mass is 9.84. The van der Waals surface area contributed by atoms with Gasteiger partial charge in [0, 0.05) is 0 Å². The average molecular weight is 428 g/mol. The highest BCUT2D eigenvalue weighted by atomic mass is 16.4. The van der Waals surface area contributed by atoms with Gasteiger partial charge in [0.15, 0.2) is 0 Å². The summed E-state index contributed by atoms with van der Waals surface area (Å²) >= 11 is 0. The number of hydrogen-bond donors (Lipinski definition) is 2. The number of aromatic hydroxyl groups is 2. The standard InChI is InChI=1S/C26H20O6/c1-3-5-10-15(4-2)20(21-23(27)16-11-6-8-13-18(16)31-25(21)29)22-24(28)17-12-7-9-14-19(17)32-26(22)30/h3-14,20,27-28H,1H2,2H3/b10-5-,15-4+. The highest BCUT2D eigenvalue weighted by Crippen LogP contribution is 2.42. The molecule has 4 rings (SSSR count). The molecule has 32 heavy (non-hydrogen) atoms. The Labute approximate surface area is 182 Å². The molecule has 160 valence electrons. The van der Waals surface area contributed by atoms with E-state index in [0.717, 1.165) is 0 Å². The summed E-state index contributed by atoms with van der Waals surface area (Å²) in [6.07, 6.45) is 6.47. The van der Waals surface area contributed by atoms with Crippen LogP contribution in [0.15, 0.2) is 103 Å². The van der Waals surface area contributed by atoms with E-state index in [4.69, 9.17) is 8.83 Å². The molecule has 0 unspecified atom stereocenters. The van der Waals surface area contributed by atoms with Crippen molar-refractivity contribution in [1.29, 1.82) is 0 Å². The van der Waals surface area contributed by atoms with Gasteiger partial charge in [0.1, 0.15) is 22.7 Å². The third kappa shape index (κ3) is 3.41. The second-order valence-electron chi connectivity index (χ2n) is 7.11. The molecule has 6 heteroatoms. The van der Waals surface area contributed by atoms with Crippen molar-refractivity contribution in [3.8, 4) is 11.5 Å². The lowest BCUT2D eigenvalue weighted by Crippen LogP contribution is -2.21. The first-order valence-electron chi connectivity index (χ1n) is 9.92. The van der Waals surface area contributed by atoms with Crippen LogP contribution in [-0.4, -0.2) is 10.2 Å². The van der Waals surface area contributed by atoms with Crippen LogP contribution in [0, 0.1) is 0 Å². The molecule has 2 aromatic heterocycles. The van der Waals surface area contributed by atoms with Gasteiger partial charge in [-0.2, -0.15) is 0 Å². The van der Waals surface area contributed by atoms with Crippen molar-refractivity contribution in [3.05, 3.63) is 117 Å². The van der Waals surface area contributed by atoms with Crippen molar-refractivity contribution in [1.82, 2.24) is 0 Å². The topological polar surface area (TPSA) is 101 Å². The number of fused-ring (bicyclic) bond motifs is 2. The maximum Gasteiger partial charge on any atom is 0.344 e. The first kappa shape index (κ1) is 20.9. The van der Waals surface area contributed by atoms with Crippen LogP contribution in [0.1, 0.15) is 24.0 Å². The summed E-state index contributed by atoms with van der Waals surface area (Å²) in [5.41, 5.74) is -1.15. The molecule has 0 radical (unpaired) electrons. The van der Waals surface area contributed by atoms with Crippen LogP contribution < -0.4 is 11.3 Å². The summed E-state index contributed by atoms with van der Waals surface area (Å²) in [4.78, 5) is 26.1. The lowest BCUT2D eigenvalue weighted by Gasteiger charge is -2.20. The van der Waals surface area contributed by atoms with Gasteiger partial charge in [-0.1, -0.05) is 55.1 Å². The Morgan fingerprint density at radius 1 is 0.875 bits per heavy atom. The fourth-order valence-electron chi connectivity index (χ4n) is 3.82. The number of benzene rings is 2. The molecule has 2 aromatic carbocycles. The van der Waals surface area contributed by atoms with Crippen molar-refractivity contribution < 1.29 is 19.0 Å². The van der Waals surface area contributed by atoms with Crippen LogP contribution >= 0.6 is 0 Å². The van der Waals surface area contributed by atoms with Crippen LogP contribution in [0.4, 0.5) is 0 Å². The number of hydrogen-bond acceptors (Lipinski definition) is 6. The molecule has 0 aliphatic carbocycles. The number of para-hydroxylation sites is 2. The molecule has 4 aromatic rings. The van der Waals surface area contributed by atoms with E-state index in [9.17, 15) is 19.8 Å². The Morgan fingerprint density at radius 2 is 1.34 bits per heavy atom. The van der Waals surface area contributed by atoms with E-state index in [2.05, 4.69) is 6.58 Å². The molecule has 0 amide bonds. The van der Waals surface area contributed by atoms with E-state index >= 15 is 0 Å². The smallest absolute Gasteiger partial charge is 0.344 e. The highest BCUT2D eigenvalue weighted by Gasteiger charge is 2.32. The zero-order valence-corrected chi connectivity index (χ0v) is 17.2. The zero-order chi connectivity index (χ0) is 22.8. The van der Waals surface area contributed by atoms with E-state index in [1.54, 1.807) is 73.7 Å². The van der Waals surface area contributed by atoms with Gasteiger partial charge in [-0.15, -0.1) is 0 Å². The summed E-state index contributed by atoms with van der Waals surface area (Å²) in [5, 5.41) is 22.8. The van der Waals surface area contributed by atoms with Crippen LogP contribution in [0.3, 0.4) is 0 Å². The van der Waals surface area contributed by atoms with Gasteiger partial charge in [-0.3, -0.25) is 0 Å². The normalized spacial score (nSPS) is 12.2. The van der Waals surface area contributed by atoms with Crippen molar-refractivity contribution in [2.75, 3.05) is 0 Å². The molecule has 0 aliphatic heterocycles. The third-order valence-corrected chi connectivity index (χ3v) is 5.31. The molecule has 0 bridgehead atoms. The molecular formula is C26H20O6. The first-order chi connectivity index (χ1) is 15.5. The maximum atomic E-state index is 13.0. The molecule has 0 saturated heterocycles.